The summed E-state index contributed by atoms with van der Waals surface area (Å²) in [6.45, 7) is 2.19. The zero-order valence-electron chi connectivity index (χ0n) is 12.4. The Balaban J connectivity index is 0.000000211. The minimum Gasteiger partial charge on any atom is -0.478 e. The van der Waals surface area contributed by atoms with Crippen molar-refractivity contribution in [2.45, 2.75) is 19.4 Å². The smallest absolute Gasteiger partial charge is 0.335 e. The minimum absolute atomic E-state index is 0.259. The van der Waals surface area contributed by atoms with Gasteiger partial charge in [0, 0.05) is 11.7 Å². The molecule has 1 atom stereocenters. The number of carboxylic acid groups (broad SMARTS) is 1. The van der Waals surface area contributed by atoms with Crippen molar-refractivity contribution in [3.63, 3.8) is 0 Å². The van der Waals surface area contributed by atoms with Crippen LogP contribution in [0.3, 0.4) is 0 Å². The maximum atomic E-state index is 10.3. The maximum absolute atomic E-state index is 10.3. The molecule has 0 fully saturated rings. The molecule has 112 valence electrons. The molecule has 0 bridgehead atoms. The largest absolute Gasteiger partial charge is 0.478 e. The molecule has 0 aliphatic rings. The fraction of sp³-hybridized carbons (Fsp3) is 0.235. The van der Waals surface area contributed by atoms with Gasteiger partial charge in [-0.2, -0.15) is 0 Å². The lowest BCUT2D eigenvalue weighted by molar-refractivity contribution is 0.0697. The summed E-state index contributed by atoms with van der Waals surface area (Å²) in [6.07, 6.45) is 1.11. The van der Waals surface area contributed by atoms with E-state index in [1.165, 1.54) is 17.7 Å². The molecule has 2 rings (SSSR count). The first kappa shape index (κ1) is 16.7. The molecule has 0 radical (unpaired) electrons. The molecule has 21 heavy (non-hydrogen) atoms. The van der Waals surface area contributed by atoms with E-state index >= 15 is 0 Å². The third-order valence-electron chi connectivity index (χ3n) is 3.04. The Hall–Kier alpha value is -2.33. The topological polar surface area (TPSA) is 75.3 Å². The lowest BCUT2D eigenvalue weighted by Gasteiger charge is -2.08. The van der Waals surface area contributed by atoms with Crippen LogP contribution in [0.4, 0.5) is 5.69 Å². The second-order valence-electron chi connectivity index (χ2n) is 4.81. The Labute approximate surface area is 125 Å². The molecule has 4 nitrogen and oxygen atoms in total. The molecule has 0 aliphatic carbocycles. The van der Waals surface area contributed by atoms with Crippen LogP contribution in [-0.2, 0) is 6.42 Å². The zero-order chi connectivity index (χ0) is 15.7. The van der Waals surface area contributed by atoms with Gasteiger partial charge in [0.05, 0.1) is 5.56 Å². The Morgan fingerprint density at radius 1 is 1.14 bits per heavy atom. The molecule has 0 spiro atoms. The number of aromatic carboxylic acids is 1. The number of nitrogens with one attached hydrogen (secondary N) is 1. The number of hydrogen-bond acceptors (Lipinski definition) is 3. The highest BCUT2D eigenvalue weighted by Crippen LogP contribution is 2.04. The minimum atomic E-state index is -0.931. The van der Waals surface area contributed by atoms with Gasteiger partial charge in [-0.25, -0.2) is 4.79 Å². The van der Waals surface area contributed by atoms with Gasteiger partial charge in [0.2, 0.25) is 0 Å². The van der Waals surface area contributed by atoms with E-state index in [0.717, 1.165) is 6.42 Å². The molecule has 0 aliphatic heterocycles. The van der Waals surface area contributed by atoms with Gasteiger partial charge >= 0.3 is 5.97 Å². The first-order chi connectivity index (χ1) is 10.0. The van der Waals surface area contributed by atoms with Crippen LogP contribution in [0.1, 0.15) is 22.8 Å². The number of hydrogen-bond donors (Lipinski definition) is 3. The van der Waals surface area contributed by atoms with Gasteiger partial charge in [-0.3, -0.25) is 0 Å². The van der Waals surface area contributed by atoms with Crippen molar-refractivity contribution in [2.24, 2.45) is 0 Å². The number of nitrogen functional groups attached to an aromatic ring is 1. The second-order valence-corrected chi connectivity index (χ2v) is 4.81. The van der Waals surface area contributed by atoms with E-state index in [2.05, 4.69) is 36.5 Å². The maximum Gasteiger partial charge on any atom is 0.335 e. The first-order valence-corrected chi connectivity index (χ1v) is 6.83. The van der Waals surface area contributed by atoms with Crippen molar-refractivity contribution in [1.29, 1.82) is 0 Å². The number of anilines is 1. The Morgan fingerprint density at radius 3 is 2.19 bits per heavy atom. The number of carbonyl (C=O) groups is 1. The predicted octanol–water partition coefficient (Wildman–Crippen LogP) is 2.80. The van der Waals surface area contributed by atoms with Crippen molar-refractivity contribution in [1.82, 2.24) is 5.32 Å². The van der Waals surface area contributed by atoms with Gasteiger partial charge in [-0.1, -0.05) is 30.3 Å². The average Bonchev–Trinajstić information content (AvgIpc) is 2.49. The number of rotatable bonds is 4. The summed E-state index contributed by atoms with van der Waals surface area (Å²) in [5, 5.41) is 11.6. The van der Waals surface area contributed by atoms with E-state index in [1.54, 1.807) is 12.1 Å². The first-order valence-electron chi connectivity index (χ1n) is 6.83. The average molecular weight is 286 g/mol. The third-order valence-corrected chi connectivity index (χ3v) is 3.04. The van der Waals surface area contributed by atoms with Crippen molar-refractivity contribution in [3.8, 4) is 0 Å². The molecule has 2 aromatic carbocycles. The monoisotopic (exact) mass is 286 g/mol. The summed E-state index contributed by atoms with van der Waals surface area (Å²) in [6, 6.07) is 17.2. The van der Waals surface area contributed by atoms with Crippen LogP contribution in [0.5, 0.6) is 0 Å². The third kappa shape index (κ3) is 6.58. The second kappa shape index (κ2) is 8.76. The zero-order valence-corrected chi connectivity index (χ0v) is 12.4. The number of nitrogens with two attached hydrogens (primary N) is 1. The van der Waals surface area contributed by atoms with Crippen molar-refractivity contribution in [3.05, 3.63) is 65.7 Å². The van der Waals surface area contributed by atoms with Gasteiger partial charge in [-0.05, 0) is 50.2 Å². The van der Waals surface area contributed by atoms with Crippen molar-refractivity contribution in [2.75, 3.05) is 12.8 Å². The van der Waals surface area contributed by atoms with Gasteiger partial charge in [-0.15, -0.1) is 0 Å². The van der Waals surface area contributed by atoms with Crippen molar-refractivity contribution < 1.29 is 9.90 Å². The van der Waals surface area contributed by atoms with Crippen LogP contribution in [0, 0.1) is 0 Å². The molecule has 0 saturated heterocycles. The van der Waals surface area contributed by atoms with Crippen LogP contribution in [-0.4, -0.2) is 24.2 Å². The molecule has 0 saturated carbocycles. The van der Waals surface area contributed by atoms with Crippen LogP contribution in [0.2, 0.25) is 0 Å². The highest BCUT2D eigenvalue weighted by atomic mass is 16.4. The van der Waals surface area contributed by atoms with Gasteiger partial charge < -0.3 is 16.2 Å². The molecule has 0 amide bonds. The summed E-state index contributed by atoms with van der Waals surface area (Å²) in [5.41, 5.74) is 7.56. The van der Waals surface area contributed by atoms with Gasteiger partial charge in [0.25, 0.3) is 0 Å². The summed E-state index contributed by atoms with van der Waals surface area (Å²) in [5.74, 6) is -0.931. The summed E-state index contributed by atoms with van der Waals surface area (Å²) in [7, 11) is 1.99. The van der Waals surface area contributed by atoms with Crippen LogP contribution >= 0.6 is 0 Å². The SMILES string of the molecule is CN[C@@H](C)Cc1ccccc1.Nc1ccc(C(=O)O)cc1. The highest BCUT2D eigenvalue weighted by molar-refractivity contribution is 5.87. The van der Waals surface area contributed by atoms with Crippen molar-refractivity contribution >= 4 is 11.7 Å². The molecule has 0 heterocycles. The Morgan fingerprint density at radius 2 is 1.71 bits per heavy atom. The molecule has 4 heteroatoms. The van der Waals surface area contributed by atoms with Crippen LogP contribution in [0.15, 0.2) is 54.6 Å². The summed E-state index contributed by atoms with van der Waals surface area (Å²) in [4.78, 5) is 10.3. The molecule has 0 unspecified atom stereocenters. The summed E-state index contributed by atoms with van der Waals surface area (Å²) < 4.78 is 0. The van der Waals surface area contributed by atoms with E-state index in [4.69, 9.17) is 10.8 Å². The summed E-state index contributed by atoms with van der Waals surface area (Å²) >= 11 is 0. The normalized spacial score (nSPS) is 11.1. The molecule has 0 aromatic heterocycles. The van der Waals surface area contributed by atoms with Gasteiger partial charge in [0.1, 0.15) is 0 Å². The standard InChI is InChI=1S/C10H15N.C7H7NO2/c1-9(11-2)8-10-6-4-3-5-7-10;8-6-3-1-5(2-4-6)7(9)10/h3-7,9,11H,8H2,1-2H3;1-4H,8H2,(H,9,10)/t9-;/m0./s1. The van der Waals surface area contributed by atoms with Crippen LogP contribution in [0.25, 0.3) is 0 Å². The highest BCUT2D eigenvalue weighted by Gasteiger charge is 1.99. The van der Waals surface area contributed by atoms with E-state index in [1.807, 2.05) is 13.1 Å². The lowest BCUT2D eigenvalue weighted by atomic mass is 10.1. The van der Waals surface area contributed by atoms with E-state index in [9.17, 15) is 4.79 Å². The van der Waals surface area contributed by atoms with E-state index < -0.39 is 5.97 Å². The molecule has 4 N–H and O–H groups in total. The van der Waals surface area contributed by atoms with Crippen LogP contribution < -0.4 is 11.1 Å². The quantitative estimate of drug-likeness (QED) is 0.755. The fourth-order valence-electron chi connectivity index (χ4n) is 1.70. The lowest BCUT2D eigenvalue weighted by Crippen LogP contribution is -2.23. The molecular weight excluding hydrogens is 264 g/mol. The Kier molecular flexibility index (Phi) is 6.98. The molecule has 2 aromatic rings. The van der Waals surface area contributed by atoms with Gasteiger partial charge in [0.15, 0.2) is 0 Å². The Bertz CT molecular complexity index is 538. The fourth-order valence-corrected chi connectivity index (χ4v) is 1.70. The predicted molar refractivity (Wildman–Crippen MR) is 86.5 cm³/mol. The van der Waals surface area contributed by atoms with E-state index in [-0.39, 0.29) is 5.56 Å². The number of likely N-dealkylation sites (N-methyl/N-ethyl adjacent to an activating group) is 1. The number of benzene rings is 2. The molecular formula is C17H22N2O2. The number of carboxylic acids is 1. The van der Waals surface area contributed by atoms with E-state index in [0.29, 0.717) is 11.7 Å².